The molecule has 3 heterocycles. The third kappa shape index (κ3) is 4.08. The molecular weight excluding hydrogens is 402 g/mol. The van der Waals surface area contributed by atoms with Gasteiger partial charge in [0.1, 0.15) is 5.82 Å². The number of halogens is 1. The molecule has 0 atom stereocenters. The van der Waals surface area contributed by atoms with E-state index in [1.54, 1.807) is 23.9 Å². The molecule has 0 spiro atoms. The van der Waals surface area contributed by atoms with Gasteiger partial charge in [0.15, 0.2) is 5.69 Å². The molecule has 8 nitrogen and oxygen atoms in total. The fraction of sp³-hybridized carbons (Fsp3) is 0.190. The topological polar surface area (TPSA) is 112 Å². The van der Waals surface area contributed by atoms with Gasteiger partial charge in [-0.3, -0.25) is 9.78 Å². The number of hydrogen-bond donors (Lipinski definition) is 2. The minimum atomic E-state index is -0.347. The number of hydrogen-bond acceptors (Lipinski definition) is 6. The highest BCUT2D eigenvalue weighted by Crippen LogP contribution is 2.21. The molecule has 9 heteroatoms. The van der Waals surface area contributed by atoms with E-state index in [0.29, 0.717) is 28.6 Å². The number of benzene rings is 1. The molecule has 0 saturated carbocycles. The quantitative estimate of drug-likeness (QED) is 0.512. The minimum Gasteiger partial charge on any atom is -0.384 e. The van der Waals surface area contributed by atoms with E-state index in [1.807, 2.05) is 37.3 Å². The van der Waals surface area contributed by atoms with Crippen molar-refractivity contribution in [2.24, 2.45) is 0 Å². The van der Waals surface area contributed by atoms with Gasteiger partial charge in [-0.1, -0.05) is 41.1 Å². The Bertz CT molecular complexity index is 1230. The molecule has 1 aromatic carbocycles. The number of nitrogen functional groups attached to an aromatic ring is 1. The first-order valence-corrected chi connectivity index (χ1v) is 9.73. The maximum absolute atomic E-state index is 12.5. The van der Waals surface area contributed by atoms with Gasteiger partial charge in [-0.2, -0.15) is 0 Å². The van der Waals surface area contributed by atoms with Crippen molar-refractivity contribution in [2.45, 2.75) is 26.9 Å². The zero-order chi connectivity index (χ0) is 21.3. The van der Waals surface area contributed by atoms with E-state index in [1.165, 1.54) is 0 Å². The highest BCUT2D eigenvalue weighted by Gasteiger charge is 2.14. The Kier molecular flexibility index (Phi) is 5.33. The van der Waals surface area contributed by atoms with Gasteiger partial charge >= 0.3 is 0 Å². The monoisotopic (exact) mass is 421 g/mol. The fourth-order valence-corrected chi connectivity index (χ4v) is 3.56. The van der Waals surface area contributed by atoms with Crippen LogP contribution in [0, 0.1) is 13.8 Å². The number of carbonyl (C=O) groups is 1. The van der Waals surface area contributed by atoms with Gasteiger partial charge in [-0.25, -0.2) is 9.67 Å². The van der Waals surface area contributed by atoms with Crippen molar-refractivity contribution in [3.63, 3.8) is 0 Å². The minimum absolute atomic E-state index is 0.218. The normalized spacial score (nSPS) is 11.0. The lowest BCUT2D eigenvalue weighted by atomic mass is 10.1. The number of nitrogens with zero attached hydrogens (tertiary/aromatic N) is 5. The van der Waals surface area contributed by atoms with Gasteiger partial charge < -0.3 is 11.1 Å². The van der Waals surface area contributed by atoms with Crippen LogP contribution in [0.5, 0.6) is 0 Å². The van der Waals surface area contributed by atoms with Crippen LogP contribution >= 0.6 is 11.6 Å². The SMILES string of the molecule is Cc1ccc2cccc(Cn3cc(C(=O)NCc4c(Cl)cc(N)nc4C)nn3)c2n1. The van der Waals surface area contributed by atoms with E-state index in [4.69, 9.17) is 17.3 Å². The summed E-state index contributed by atoms with van der Waals surface area (Å²) in [6.45, 7) is 4.43. The molecule has 152 valence electrons. The summed E-state index contributed by atoms with van der Waals surface area (Å²) < 4.78 is 1.62. The molecule has 3 N–H and O–H groups in total. The van der Waals surface area contributed by atoms with Crippen molar-refractivity contribution in [3.05, 3.63) is 75.8 Å². The second-order valence-electron chi connectivity index (χ2n) is 7.02. The Morgan fingerprint density at radius 2 is 2.03 bits per heavy atom. The lowest BCUT2D eigenvalue weighted by molar-refractivity contribution is 0.0946. The fourth-order valence-electron chi connectivity index (χ4n) is 3.24. The molecule has 0 fully saturated rings. The van der Waals surface area contributed by atoms with Gasteiger partial charge in [0, 0.05) is 28.9 Å². The van der Waals surface area contributed by atoms with Gasteiger partial charge in [0.05, 0.1) is 23.3 Å². The van der Waals surface area contributed by atoms with Crippen molar-refractivity contribution >= 4 is 34.2 Å². The average molecular weight is 422 g/mol. The maximum Gasteiger partial charge on any atom is 0.273 e. The summed E-state index contributed by atoms with van der Waals surface area (Å²) in [4.78, 5) is 21.3. The van der Waals surface area contributed by atoms with Crippen molar-refractivity contribution in [1.29, 1.82) is 0 Å². The Balaban J connectivity index is 1.48. The number of nitrogens with one attached hydrogen (secondary N) is 1. The summed E-state index contributed by atoms with van der Waals surface area (Å²) in [5.41, 5.74) is 10.1. The number of rotatable bonds is 5. The van der Waals surface area contributed by atoms with Crippen LogP contribution in [0.1, 0.15) is 33.0 Å². The Hall–Kier alpha value is -3.52. The zero-order valence-corrected chi connectivity index (χ0v) is 17.3. The molecule has 0 aliphatic rings. The summed E-state index contributed by atoms with van der Waals surface area (Å²) >= 11 is 6.21. The van der Waals surface area contributed by atoms with Crippen LogP contribution in [0.3, 0.4) is 0 Å². The molecule has 0 aliphatic carbocycles. The zero-order valence-electron chi connectivity index (χ0n) is 16.6. The summed E-state index contributed by atoms with van der Waals surface area (Å²) in [6, 6.07) is 11.6. The summed E-state index contributed by atoms with van der Waals surface area (Å²) in [5.74, 6) is -0.00549. The van der Waals surface area contributed by atoms with Gasteiger partial charge in [0.2, 0.25) is 0 Å². The molecule has 0 saturated heterocycles. The lowest BCUT2D eigenvalue weighted by Gasteiger charge is -2.09. The van der Waals surface area contributed by atoms with E-state index in [9.17, 15) is 4.79 Å². The summed E-state index contributed by atoms with van der Waals surface area (Å²) in [7, 11) is 0. The standard InChI is InChI=1S/C21H20ClN7O/c1-12-6-7-14-4-3-5-15(20(14)25-12)10-29-11-18(27-28-29)21(30)24-9-16-13(2)26-19(23)8-17(16)22/h3-8,11H,9-10H2,1-2H3,(H2,23,26)(H,24,30). The number of anilines is 1. The molecule has 3 aromatic heterocycles. The number of nitrogens with two attached hydrogens (primary N) is 1. The molecule has 0 aliphatic heterocycles. The average Bonchev–Trinajstić information content (AvgIpc) is 3.16. The molecule has 0 bridgehead atoms. The summed E-state index contributed by atoms with van der Waals surface area (Å²) in [5, 5.41) is 12.4. The third-order valence-corrected chi connectivity index (χ3v) is 5.11. The number of fused-ring (bicyclic) bond motifs is 1. The van der Waals surface area contributed by atoms with Crippen LogP contribution in [0.2, 0.25) is 5.02 Å². The smallest absolute Gasteiger partial charge is 0.273 e. The highest BCUT2D eigenvalue weighted by molar-refractivity contribution is 6.31. The molecule has 0 radical (unpaired) electrons. The lowest BCUT2D eigenvalue weighted by Crippen LogP contribution is -2.24. The predicted molar refractivity (Wildman–Crippen MR) is 115 cm³/mol. The number of aryl methyl sites for hydroxylation is 2. The van der Waals surface area contributed by atoms with E-state index in [-0.39, 0.29) is 18.1 Å². The Morgan fingerprint density at radius 3 is 2.83 bits per heavy atom. The summed E-state index contributed by atoms with van der Waals surface area (Å²) in [6.07, 6.45) is 1.61. The molecule has 4 rings (SSSR count). The van der Waals surface area contributed by atoms with Crippen molar-refractivity contribution in [1.82, 2.24) is 30.3 Å². The number of amides is 1. The van der Waals surface area contributed by atoms with Crippen LogP contribution < -0.4 is 11.1 Å². The first-order chi connectivity index (χ1) is 14.4. The van der Waals surface area contributed by atoms with Gasteiger partial charge in [0.25, 0.3) is 5.91 Å². The molecule has 4 aromatic rings. The number of para-hydroxylation sites is 1. The largest absolute Gasteiger partial charge is 0.384 e. The first-order valence-electron chi connectivity index (χ1n) is 9.36. The van der Waals surface area contributed by atoms with E-state index in [0.717, 1.165) is 22.2 Å². The Morgan fingerprint density at radius 1 is 1.20 bits per heavy atom. The van der Waals surface area contributed by atoms with Crippen LogP contribution in [-0.2, 0) is 13.1 Å². The predicted octanol–water partition coefficient (Wildman–Crippen LogP) is 3.05. The Labute approximate surface area is 178 Å². The number of aromatic nitrogens is 5. The third-order valence-electron chi connectivity index (χ3n) is 4.77. The first kappa shape index (κ1) is 19.8. The highest BCUT2D eigenvalue weighted by atomic mass is 35.5. The number of pyridine rings is 2. The molecule has 30 heavy (non-hydrogen) atoms. The van der Waals surface area contributed by atoms with Crippen LogP contribution in [-0.4, -0.2) is 30.9 Å². The second kappa shape index (κ2) is 8.08. The van der Waals surface area contributed by atoms with Crippen molar-refractivity contribution in [2.75, 3.05) is 5.73 Å². The van der Waals surface area contributed by atoms with Crippen LogP contribution in [0.4, 0.5) is 5.82 Å². The van der Waals surface area contributed by atoms with Gasteiger partial charge in [-0.05, 0) is 31.5 Å². The van der Waals surface area contributed by atoms with Crippen molar-refractivity contribution < 1.29 is 4.79 Å². The molecule has 1 amide bonds. The van der Waals surface area contributed by atoms with E-state index < -0.39 is 0 Å². The molecular formula is C21H20ClN7O. The van der Waals surface area contributed by atoms with Crippen molar-refractivity contribution in [3.8, 4) is 0 Å². The molecule has 0 unspecified atom stereocenters. The van der Waals surface area contributed by atoms with Crippen LogP contribution in [0.15, 0.2) is 42.6 Å². The van der Waals surface area contributed by atoms with Gasteiger partial charge in [-0.15, -0.1) is 5.10 Å². The number of carbonyl (C=O) groups excluding carboxylic acids is 1. The van der Waals surface area contributed by atoms with E-state index >= 15 is 0 Å². The van der Waals surface area contributed by atoms with Crippen LogP contribution in [0.25, 0.3) is 10.9 Å². The maximum atomic E-state index is 12.5. The second-order valence-corrected chi connectivity index (χ2v) is 7.43. The van der Waals surface area contributed by atoms with E-state index in [2.05, 4.69) is 25.6 Å².